The van der Waals surface area contributed by atoms with Crippen LogP contribution in [0.15, 0.2) is 87.6 Å². The second kappa shape index (κ2) is 14.7. The normalized spacial score (nSPS) is 20.8. The van der Waals surface area contributed by atoms with Gasteiger partial charge < -0.3 is 13.9 Å². The van der Waals surface area contributed by atoms with Crippen molar-refractivity contribution >= 4 is 33.5 Å². The van der Waals surface area contributed by atoms with E-state index in [4.69, 9.17) is 19.3 Å². The number of imidazole rings is 2. The quantitative estimate of drug-likeness (QED) is 0.167. The van der Waals surface area contributed by atoms with Crippen LogP contribution in [-0.2, 0) is 24.4 Å². The molecule has 1 N–H and O–H groups in total. The number of fused-ring (bicyclic) bond motifs is 5. The molecule has 17 nitrogen and oxygen atoms in total. The first kappa shape index (κ1) is 42.7. The number of anilines is 1. The number of benzene rings is 3. The number of halogens is 2. The van der Waals surface area contributed by atoms with Gasteiger partial charge in [0.15, 0.2) is 17.5 Å². The van der Waals surface area contributed by atoms with Gasteiger partial charge >= 0.3 is 11.4 Å². The molecule has 0 spiro atoms. The van der Waals surface area contributed by atoms with E-state index in [2.05, 4.69) is 41.2 Å². The van der Waals surface area contributed by atoms with Gasteiger partial charge in [-0.1, -0.05) is 18.1 Å². The number of aromatic amines is 1. The van der Waals surface area contributed by atoms with Crippen molar-refractivity contribution < 1.29 is 22.8 Å². The maximum atomic E-state index is 16.3. The van der Waals surface area contributed by atoms with Gasteiger partial charge in [-0.2, -0.15) is 10.2 Å². The number of H-pyrrole nitrogens is 1. The molecule has 1 saturated heterocycles. The minimum Gasteiger partial charge on any atom is -0.376 e. The average Bonchev–Trinajstić information content (AvgIpc) is 4.04. The van der Waals surface area contributed by atoms with Crippen LogP contribution in [0.5, 0.6) is 0 Å². The number of carbonyl (C=O) groups is 1. The number of ether oxygens (including phenoxy) is 1. The number of hydrogen-bond donors (Lipinski definition) is 1. The molecule has 9 aromatic rings. The summed E-state index contributed by atoms with van der Waals surface area (Å²) in [5.74, 6) is -0.901. The number of nitrogens with zero attached hydrogens (tertiary/aromatic N) is 11. The number of aromatic nitrogens is 11. The Bertz CT molecular complexity index is 3740. The number of carbonyl (C=O) groups excluding carboxylic acids is 1. The molecule has 0 unspecified atom stereocenters. The Morgan fingerprint density at radius 1 is 0.899 bits per heavy atom. The first-order valence-electron chi connectivity index (χ1n) is 23.0. The van der Waals surface area contributed by atoms with Crippen molar-refractivity contribution in [1.29, 1.82) is 0 Å². The number of amides is 1. The van der Waals surface area contributed by atoms with Crippen molar-refractivity contribution in [2.24, 2.45) is 20.0 Å². The monoisotopic (exact) mass is 934 g/mol. The SMILES string of the molecule is Cc1cc(-n2nc3c(c2-n2ccn(-c4ccc5c(cnn5C)c4F)c2=O)[C@H](C)N(C(=O)c2cc4cc([C@H]5CCOC(C)(C)C5)ccc4n2[C@@]2(c4noc(=O)[nH]4)C[C@@H]2C)c2c-3ncn2C)cc(C)c1F. The van der Waals surface area contributed by atoms with E-state index >= 15 is 13.6 Å². The third kappa shape index (κ3) is 6.11. The highest BCUT2D eigenvalue weighted by Gasteiger charge is 2.59. The van der Waals surface area contributed by atoms with Crippen molar-refractivity contribution in [3.63, 3.8) is 0 Å². The van der Waals surface area contributed by atoms with Crippen LogP contribution in [0.25, 0.3) is 50.4 Å². The summed E-state index contributed by atoms with van der Waals surface area (Å²) in [5, 5.41) is 14.6. The standard InChI is InChI=1S/C50H48F2N12O5/c1-25-17-32(18-26(2)39(25)51)64-43(61-15-14-60(48(61)67)36-12-11-35-33(40(36)52)23-54-59(35)8)38-28(4)62(44-42(41(38)56-64)53-24-58(44)7)45(65)37-20-31-19-29(30-13-16-68-49(5,6)22-30)9-10-34(31)63(37)50(21-27(50)3)46-55-47(66)69-57-46/h9-12,14-15,17-20,23-24,27-28,30H,13,16,21-22H2,1-8H3,(H,55,57,66)/t27-,28-,30-,50-/m0/s1. The number of nitrogens with one attached hydrogen (secondary N) is 1. The molecule has 0 bridgehead atoms. The van der Waals surface area contributed by atoms with Crippen molar-refractivity contribution in [2.45, 2.75) is 83.9 Å². The van der Waals surface area contributed by atoms with E-state index in [1.807, 2.05) is 30.5 Å². The second-order valence-corrected chi connectivity index (χ2v) is 19.6. The predicted molar refractivity (Wildman–Crippen MR) is 252 cm³/mol. The van der Waals surface area contributed by atoms with E-state index < -0.39 is 34.8 Å². The molecule has 69 heavy (non-hydrogen) atoms. The van der Waals surface area contributed by atoms with Crippen LogP contribution >= 0.6 is 0 Å². The molecule has 12 rings (SSSR count). The molecule has 6 aromatic heterocycles. The van der Waals surface area contributed by atoms with Gasteiger partial charge in [0.1, 0.15) is 34.3 Å². The van der Waals surface area contributed by atoms with E-state index in [0.29, 0.717) is 69.6 Å². The topological polar surface area (TPSA) is 174 Å². The molecule has 1 amide bonds. The van der Waals surface area contributed by atoms with Gasteiger partial charge in [0, 0.05) is 49.6 Å². The fourth-order valence-electron chi connectivity index (χ4n) is 11.3. The summed E-state index contributed by atoms with van der Waals surface area (Å²) in [6, 6.07) is 13.9. The molecule has 19 heteroatoms. The zero-order valence-electron chi connectivity index (χ0n) is 39.2. The minimum atomic E-state index is -0.931. The number of hydrogen-bond acceptors (Lipinski definition) is 9. The van der Waals surface area contributed by atoms with E-state index in [1.54, 1.807) is 71.3 Å². The van der Waals surface area contributed by atoms with Gasteiger partial charge in [0.05, 0.1) is 46.4 Å². The maximum Gasteiger partial charge on any atom is 0.438 e. The first-order valence-corrected chi connectivity index (χ1v) is 23.0. The van der Waals surface area contributed by atoms with Crippen molar-refractivity contribution in [1.82, 2.24) is 53.0 Å². The summed E-state index contributed by atoms with van der Waals surface area (Å²) in [6.07, 6.45) is 8.29. The highest BCUT2D eigenvalue weighted by Crippen LogP contribution is 2.56. The summed E-state index contributed by atoms with van der Waals surface area (Å²) in [5.41, 5.74) is 3.38. The lowest BCUT2D eigenvalue weighted by Crippen LogP contribution is -2.40. The number of aryl methyl sites for hydroxylation is 4. The van der Waals surface area contributed by atoms with Crippen molar-refractivity contribution in [3.8, 4) is 28.6 Å². The molecule has 1 saturated carbocycles. The highest BCUT2D eigenvalue weighted by atomic mass is 19.1. The molecule has 3 aromatic carbocycles. The second-order valence-electron chi connectivity index (χ2n) is 19.6. The molecule has 3 aliphatic rings. The van der Waals surface area contributed by atoms with Gasteiger partial charge in [0.2, 0.25) is 0 Å². The van der Waals surface area contributed by atoms with Crippen molar-refractivity contribution in [2.75, 3.05) is 11.5 Å². The van der Waals surface area contributed by atoms with Crippen LogP contribution in [0, 0.1) is 31.4 Å². The van der Waals surface area contributed by atoms with Gasteiger partial charge in [-0.05, 0) is 125 Å². The van der Waals surface area contributed by atoms with Crippen LogP contribution < -0.4 is 16.3 Å². The highest BCUT2D eigenvalue weighted by molar-refractivity contribution is 6.11. The van der Waals surface area contributed by atoms with Gasteiger partial charge in [0.25, 0.3) is 5.91 Å². The van der Waals surface area contributed by atoms with Crippen LogP contribution in [0.2, 0.25) is 0 Å². The lowest BCUT2D eigenvalue weighted by Gasteiger charge is -2.35. The van der Waals surface area contributed by atoms with E-state index in [0.717, 1.165) is 29.3 Å². The molecule has 2 fully saturated rings. The lowest BCUT2D eigenvalue weighted by molar-refractivity contribution is -0.0592. The Morgan fingerprint density at radius 3 is 2.35 bits per heavy atom. The van der Waals surface area contributed by atoms with E-state index in [9.17, 15) is 9.59 Å². The maximum absolute atomic E-state index is 16.3. The first-order chi connectivity index (χ1) is 33.0. The average molecular weight is 935 g/mol. The third-order valence-corrected chi connectivity index (χ3v) is 14.8. The van der Waals surface area contributed by atoms with Crippen LogP contribution in [-0.4, -0.2) is 71.1 Å². The summed E-state index contributed by atoms with van der Waals surface area (Å²) in [4.78, 5) is 52.9. The van der Waals surface area contributed by atoms with Crippen molar-refractivity contribution in [3.05, 3.63) is 140 Å². The molecule has 352 valence electrons. The Morgan fingerprint density at radius 2 is 1.64 bits per heavy atom. The summed E-state index contributed by atoms with van der Waals surface area (Å²) >= 11 is 0. The zero-order chi connectivity index (χ0) is 48.2. The Kier molecular flexibility index (Phi) is 9.07. The van der Waals surface area contributed by atoms with Crippen LogP contribution in [0.3, 0.4) is 0 Å². The lowest BCUT2D eigenvalue weighted by atomic mass is 9.83. The van der Waals surface area contributed by atoms with Gasteiger partial charge in [-0.3, -0.25) is 33.0 Å². The predicted octanol–water partition coefficient (Wildman–Crippen LogP) is 7.80. The Hall–Kier alpha value is -7.67. The smallest absolute Gasteiger partial charge is 0.376 e. The molecule has 4 atom stereocenters. The largest absolute Gasteiger partial charge is 0.438 e. The molecule has 8 heterocycles. The fraction of sp³-hybridized carbons (Fsp3) is 0.340. The molecule has 2 aliphatic heterocycles. The molecule has 0 radical (unpaired) electrons. The van der Waals surface area contributed by atoms with Gasteiger partial charge in [-0.15, -0.1) is 0 Å². The van der Waals surface area contributed by atoms with E-state index in [1.165, 1.54) is 33.8 Å². The van der Waals surface area contributed by atoms with Crippen LogP contribution in [0.4, 0.5) is 14.6 Å². The summed E-state index contributed by atoms with van der Waals surface area (Å²) in [7, 11) is 3.51. The Labute approximate surface area is 392 Å². The summed E-state index contributed by atoms with van der Waals surface area (Å²) in [6.45, 7) is 12.1. The Balaban J connectivity index is 1.07. The molecular weight excluding hydrogens is 887 g/mol. The van der Waals surface area contributed by atoms with E-state index in [-0.39, 0.29) is 40.1 Å². The fourth-order valence-corrected chi connectivity index (χ4v) is 11.3. The van der Waals surface area contributed by atoms with Crippen LogP contribution in [0.1, 0.15) is 97.5 Å². The minimum absolute atomic E-state index is 0.0118. The number of rotatable bonds is 7. The zero-order valence-corrected chi connectivity index (χ0v) is 39.2. The molecule has 1 aliphatic carbocycles. The summed E-state index contributed by atoms with van der Waals surface area (Å²) < 4.78 is 52.2. The molecular formula is C50H48F2N12O5. The van der Waals surface area contributed by atoms with Gasteiger partial charge in [-0.25, -0.2) is 28.0 Å². The third-order valence-electron chi connectivity index (χ3n) is 14.8.